The van der Waals surface area contributed by atoms with Crippen LogP contribution in [0.1, 0.15) is 18.2 Å². The molecule has 0 radical (unpaired) electrons. The van der Waals surface area contributed by atoms with Crippen molar-refractivity contribution in [2.24, 2.45) is 0 Å². The van der Waals surface area contributed by atoms with E-state index in [9.17, 15) is 0 Å². The molecule has 0 atom stereocenters. The van der Waals surface area contributed by atoms with Crippen molar-refractivity contribution in [3.8, 4) is 5.69 Å². The van der Waals surface area contributed by atoms with Crippen LogP contribution in [0.25, 0.3) is 5.69 Å². The molecular formula is C16H19N5. The minimum atomic E-state index is 0.797. The number of para-hydroxylation sites is 1. The van der Waals surface area contributed by atoms with Crippen LogP contribution in [0.5, 0.6) is 0 Å². The van der Waals surface area contributed by atoms with Gasteiger partial charge in [0.2, 0.25) is 0 Å². The van der Waals surface area contributed by atoms with Crippen LogP contribution in [0.2, 0.25) is 0 Å². The lowest BCUT2D eigenvalue weighted by molar-refractivity contribution is 0.580. The molecule has 0 amide bonds. The van der Waals surface area contributed by atoms with Gasteiger partial charge in [-0.15, -0.1) is 0 Å². The Morgan fingerprint density at radius 2 is 1.90 bits per heavy atom. The van der Waals surface area contributed by atoms with Gasteiger partial charge in [-0.25, -0.2) is 4.68 Å². The average molecular weight is 281 g/mol. The fourth-order valence-corrected chi connectivity index (χ4v) is 2.42. The number of benzene rings is 1. The second-order valence-corrected chi connectivity index (χ2v) is 4.82. The first kappa shape index (κ1) is 13.6. The molecule has 0 saturated heterocycles. The standard InChI is InChI=1S/C16H19N5/c1-2-20-15(8-10-19-20)13-17-12-14-6-3-4-7-16(14)21-11-5-9-18-21/h3-11,17H,2,12-13H2,1H3. The number of nitrogens with one attached hydrogen (secondary N) is 1. The van der Waals surface area contributed by atoms with Gasteiger partial charge in [0.05, 0.1) is 11.4 Å². The largest absolute Gasteiger partial charge is 0.307 e. The van der Waals surface area contributed by atoms with Crippen LogP contribution >= 0.6 is 0 Å². The van der Waals surface area contributed by atoms with Crippen LogP contribution in [0.4, 0.5) is 0 Å². The molecule has 0 bridgehead atoms. The van der Waals surface area contributed by atoms with Gasteiger partial charge in [0.15, 0.2) is 0 Å². The van der Waals surface area contributed by atoms with E-state index in [0.29, 0.717) is 0 Å². The number of hydrogen-bond acceptors (Lipinski definition) is 3. The maximum atomic E-state index is 4.31. The van der Waals surface area contributed by atoms with E-state index in [2.05, 4.69) is 46.7 Å². The average Bonchev–Trinajstić information content (AvgIpc) is 3.19. The number of aryl methyl sites for hydroxylation is 1. The van der Waals surface area contributed by atoms with E-state index < -0.39 is 0 Å². The lowest BCUT2D eigenvalue weighted by atomic mass is 10.2. The smallest absolute Gasteiger partial charge is 0.0690 e. The molecule has 0 aliphatic carbocycles. The third-order valence-electron chi connectivity index (χ3n) is 3.47. The number of nitrogens with zero attached hydrogens (tertiary/aromatic N) is 4. The van der Waals surface area contributed by atoms with E-state index >= 15 is 0 Å². The van der Waals surface area contributed by atoms with Gasteiger partial charge in [-0.2, -0.15) is 10.2 Å². The van der Waals surface area contributed by atoms with Crippen molar-refractivity contribution in [1.82, 2.24) is 24.9 Å². The Labute approximate surface area is 124 Å². The summed E-state index contributed by atoms with van der Waals surface area (Å²) in [6.07, 6.45) is 5.60. The van der Waals surface area contributed by atoms with Crippen LogP contribution in [0, 0.1) is 0 Å². The molecule has 21 heavy (non-hydrogen) atoms. The molecule has 3 aromatic rings. The Bertz CT molecular complexity index is 684. The van der Waals surface area contributed by atoms with Crippen LogP contribution in [0.3, 0.4) is 0 Å². The Balaban J connectivity index is 1.69. The maximum absolute atomic E-state index is 4.31. The summed E-state index contributed by atoms with van der Waals surface area (Å²) < 4.78 is 3.90. The van der Waals surface area contributed by atoms with Gasteiger partial charge >= 0.3 is 0 Å². The number of rotatable bonds is 6. The van der Waals surface area contributed by atoms with Crippen molar-refractivity contribution in [2.45, 2.75) is 26.6 Å². The molecule has 108 valence electrons. The third kappa shape index (κ3) is 3.03. The first-order valence-electron chi connectivity index (χ1n) is 7.18. The SMILES string of the molecule is CCn1nccc1CNCc1ccccc1-n1cccn1. The van der Waals surface area contributed by atoms with E-state index in [-0.39, 0.29) is 0 Å². The van der Waals surface area contributed by atoms with Gasteiger partial charge in [0, 0.05) is 38.2 Å². The van der Waals surface area contributed by atoms with E-state index in [4.69, 9.17) is 0 Å². The van der Waals surface area contributed by atoms with Gasteiger partial charge in [-0.3, -0.25) is 4.68 Å². The third-order valence-corrected chi connectivity index (χ3v) is 3.47. The molecule has 0 saturated carbocycles. The van der Waals surface area contributed by atoms with Gasteiger partial charge in [-0.1, -0.05) is 18.2 Å². The van der Waals surface area contributed by atoms with Gasteiger partial charge in [-0.05, 0) is 30.7 Å². The summed E-state index contributed by atoms with van der Waals surface area (Å²) in [5, 5.41) is 12.1. The summed E-state index contributed by atoms with van der Waals surface area (Å²) in [5.74, 6) is 0. The second-order valence-electron chi connectivity index (χ2n) is 4.82. The highest BCUT2D eigenvalue weighted by Crippen LogP contribution is 2.13. The van der Waals surface area contributed by atoms with Gasteiger partial charge in [0.25, 0.3) is 0 Å². The predicted molar refractivity (Wildman–Crippen MR) is 82.0 cm³/mol. The molecule has 0 fully saturated rings. The van der Waals surface area contributed by atoms with E-state index in [1.54, 1.807) is 6.20 Å². The molecule has 5 heteroatoms. The minimum Gasteiger partial charge on any atom is -0.307 e. The summed E-state index contributed by atoms with van der Waals surface area (Å²) >= 11 is 0. The van der Waals surface area contributed by atoms with E-state index in [1.807, 2.05) is 33.9 Å². The molecule has 0 aliphatic heterocycles. The van der Waals surface area contributed by atoms with Crippen molar-refractivity contribution in [3.05, 3.63) is 66.2 Å². The minimum absolute atomic E-state index is 0.797. The first-order chi connectivity index (χ1) is 10.4. The topological polar surface area (TPSA) is 47.7 Å². The normalized spacial score (nSPS) is 10.9. The highest BCUT2D eigenvalue weighted by atomic mass is 15.3. The second kappa shape index (κ2) is 6.37. The molecule has 5 nitrogen and oxygen atoms in total. The van der Waals surface area contributed by atoms with Crippen LogP contribution < -0.4 is 5.32 Å². The van der Waals surface area contributed by atoms with Crippen molar-refractivity contribution < 1.29 is 0 Å². The molecular weight excluding hydrogens is 262 g/mol. The number of aromatic nitrogens is 4. The van der Waals surface area contributed by atoms with Crippen LogP contribution in [-0.4, -0.2) is 19.6 Å². The summed E-state index contributed by atoms with van der Waals surface area (Å²) in [5.41, 5.74) is 3.54. The summed E-state index contributed by atoms with van der Waals surface area (Å²) in [4.78, 5) is 0. The number of hydrogen-bond donors (Lipinski definition) is 1. The van der Waals surface area contributed by atoms with Crippen LogP contribution in [0.15, 0.2) is 55.0 Å². The monoisotopic (exact) mass is 281 g/mol. The van der Waals surface area contributed by atoms with E-state index in [1.165, 1.54) is 11.3 Å². The van der Waals surface area contributed by atoms with Crippen LogP contribution in [-0.2, 0) is 19.6 Å². The fourth-order valence-electron chi connectivity index (χ4n) is 2.42. The zero-order valence-electron chi connectivity index (χ0n) is 12.1. The highest BCUT2D eigenvalue weighted by Gasteiger charge is 2.05. The van der Waals surface area contributed by atoms with Crippen molar-refractivity contribution >= 4 is 0 Å². The highest BCUT2D eigenvalue weighted by molar-refractivity contribution is 5.40. The Hall–Kier alpha value is -2.40. The molecule has 2 heterocycles. The molecule has 0 spiro atoms. The van der Waals surface area contributed by atoms with Gasteiger partial charge in [0.1, 0.15) is 0 Å². The first-order valence-corrected chi connectivity index (χ1v) is 7.18. The Morgan fingerprint density at radius 1 is 1.00 bits per heavy atom. The Kier molecular flexibility index (Phi) is 4.12. The zero-order chi connectivity index (χ0) is 14.5. The zero-order valence-corrected chi connectivity index (χ0v) is 12.1. The van der Waals surface area contributed by atoms with Crippen molar-refractivity contribution in [3.63, 3.8) is 0 Å². The summed E-state index contributed by atoms with van der Waals surface area (Å²) in [7, 11) is 0. The van der Waals surface area contributed by atoms with Gasteiger partial charge < -0.3 is 5.32 Å². The van der Waals surface area contributed by atoms with Crippen molar-refractivity contribution in [2.75, 3.05) is 0 Å². The van der Waals surface area contributed by atoms with E-state index in [0.717, 1.165) is 25.3 Å². The molecule has 0 aliphatic rings. The molecule has 1 aromatic carbocycles. The lowest BCUT2D eigenvalue weighted by Crippen LogP contribution is -2.17. The summed E-state index contributed by atoms with van der Waals surface area (Å²) in [6.45, 7) is 4.60. The molecule has 3 rings (SSSR count). The maximum Gasteiger partial charge on any atom is 0.0690 e. The lowest BCUT2D eigenvalue weighted by Gasteiger charge is -2.11. The molecule has 2 aromatic heterocycles. The summed E-state index contributed by atoms with van der Waals surface area (Å²) in [6, 6.07) is 12.3. The Morgan fingerprint density at radius 3 is 2.71 bits per heavy atom. The molecule has 1 N–H and O–H groups in total. The van der Waals surface area contributed by atoms with Crippen molar-refractivity contribution in [1.29, 1.82) is 0 Å². The molecule has 0 unspecified atom stereocenters. The quantitative estimate of drug-likeness (QED) is 0.754. The fraction of sp³-hybridized carbons (Fsp3) is 0.250. The predicted octanol–water partition coefficient (Wildman–Crippen LogP) is 2.38.